The Morgan fingerprint density at radius 3 is 2.67 bits per heavy atom. The Kier molecular flexibility index (Phi) is 4.12. The highest BCUT2D eigenvalue weighted by Gasteiger charge is 2.34. The summed E-state index contributed by atoms with van der Waals surface area (Å²) < 4.78 is 39.3. The smallest absolute Gasteiger partial charge is 0.354 e. The number of halogens is 3. The van der Waals surface area contributed by atoms with E-state index in [9.17, 15) is 23.3 Å². The fourth-order valence-corrected chi connectivity index (χ4v) is 2.74. The molecule has 2 aromatic heterocycles. The van der Waals surface area contributed by atoms with E-state index in [1.54, 1.807) is 6.07 Å². The van der Waals surface area contributed by atoms with Gasteiger partial charge in [0.05, 0.1) is 11.0 Å². The number of alkyl halides is 3. The molecule has 0 amide bonds. The van der Waals surface area contributed by atoms with Gasteiger partial charge in [-0.3, -0.25) is 14.8 Å². The summed E-state index contributed by atoms with van der Waals surface area (Å²) in [5.74, 6) is 0.563. The zero-order valence-corrected chi connectivity index (χ0v) is 12.5. The number of anilines is 1. The van der Waals surface area contributed by atoms with Crippen LogP contribution in [0.3, 0.4) is 0 Å². The van der Waals surface area contributed by atoms with E-state index in [0.717, 1.165) is 12.5 Å². The molecule has 1 atom stereocenters. The van der Waals surface area contributed by atoms with Gasteiger partial charge in [-0.1, -0.05) is 0 Å². The average Bonchev–Trinajstić information content (AvgIpc) is 3.05. The van der Waals surface area contributed by atoms with Gasteiger partial charge in [0.1, 0.15) is 12.0 Å². The van der Waals surface area contributed by atoms with Crippen LogP contribution >= 0.6 is 0 Å². The zero-order valence-electron chi connectivity index (χ0n) is 12.5. The van der Waals surface area contributed by atoms with Gasteiger partial charge in [0, 0.05) is 25.4 Å². The van der Waals surface area contributed by atoms with Gasteiger partial charge >= 0.3 is 6.18 Å². The summed E-state index contributed by atoms with van der Waals surface area (Å²) >= 11 is 0. The van der Waals surface area contributed by atoms with E-state index in [4.69, 9.17) is 0 Å². The Bertz CT molecular complexity index is 729. The van der Waals surface area contributed by atoms with Crippen LogP contribution in [0.4, 0.5) is 24.7 Å². The molecule has 1 fully saturated rings. The summed E-state index contributed by atoms with van der Waals surface area (Å²) in [6.45, 7) is 1.14. The number of rotatable bonds is 3. The van der Waals surface area contributed by atoms with Crippen LogP contribution in [-0.2, 0) is 6.18 Å². The van der Waals surface area contributed by atoms with Gasteiger partial charge in [-0.2, -0.15) is 18.3 Å². The highest BCUT2D eigenvalue weighted by molar-refractivity contribution is 5.43. The molecule has 0 N–H and O–H groups in total. The molecule has 0 aromatic carbocycles. The van der Waals surface area contributed by atoms with E-state index < -0.39 is 16.8 Å². The van der Waals surface area contributed by atoms with Gasteiger partial charge < -0.3 is 4.90 Å². The lowest BCUT2D eigenvalue weighted by atomic mass is 10.1. The van der Waals surface area contributed by atoms with Crippen LogP contribution in [0.5, 0.6) is 0 Å². The summed E-state index contributed by atoms with van der Waals surface area (Å²) in [4.78, 5) is 16.1. The molecule has 3 heterocycles. The Hall–Kier alpha value is -2.65. The SMILES string of the molecule is O=[N+]([O-])c1ccc(N2CCC[C@@H](n3ccc(C(F)(F)F)n3)C2)nc1. The first-order chi connectivity index (χ1) is 11.3. The van der Waals surface area contributed by atoms with Gasteiger partial charge in [-0.15, -0.1) is 0 Å². The molecule has 0 saturated carbocycles. The molecule has 0 bridgehead atoms. The highest BCUT2D eigenvalue weighted by Crippen LogP contribution is 2.30. The normalized spacial score (nSPS) is 18.6. The van der Waals surface area contributed by atoms with Gasteiger partial charge in [0.25, 0.3) is 5.69 Å². The number of hydrogen-bond donors (Lipinski definition) is 0. The molecule has 1 aliphatic heterocycles. The minimum atomic E-state index is -4.46. The number of hydrogen-bond acceptors (Lipinski definition) is 5. The third-order valence-electron chi connectivity index (χ3n) is 3.94. The van der Waals surface area contributed by atoms with E-state index in [1.165, 1.54) is 23.1 Å². The van der Waals surface area contributed by atoms with Crippen LogP contribution in [0.1, 0.15) is 24.6 Å². The lowest BCUT2D eigenvalue weighted by molar-refractivity contribution is -0.385. The fraction of sp³-hybridized carbons (Fsp3) is 0.429. The predicted octanol–water partition coefficient (Wildman–Crippen LogP) is 3.05. The number of pyridine rings is 1. The number of piperidine rings is 1. The number of aromatic nitrogens is 3. The molecule has 1 saturated heterocycles. The van der Waals surface area contributed by atoms with Crippen molar-refractivity contribution >= 4 is 11.5 Å². The van der Waals surface area contributed by atoms with Crippen molar-refractivity contribution in [2.75, 3.05) is 18.0 Å². The van der Waals surface area contributed by atoms with Crippen molar-refractivity contribution in [1.29, 1.82) is 0 Å². The molecular weight excluding hydrogens is 327 g/mol. The van der Waals surface area contributed by atoms with E-state index in [1.807, 2.05) is 4.90 Å². The standard InChI is InChI=1S/C14H14F3N5O2/c15-14(16,17)12-5-7-21(19-12)11-2-1-6-20(9-11)13-4-3-10(8-18-13)22(23)24/h3-5,7-8,11H,1-2,6,9H2/t11-/m1/s1. The molecule has 0 unspecified atom stereocenters. The molecule has 24 heavy (non-hydrogen) atoms. The third kappa shape index (κ3) is 3.31. The van der Waals surface area contributed by atoms with E-state index in [0.29, 0.717) is 25.3 Å². The summed E-state index contributed by atoms with van der Waals surface area (Å²) in [6, 6.07) is 3.67. The monoisotopic (exact) mass is 341 g/mol. The van der Waals surface area contributed by atoms with Crippen molar-refractivity contribution in [3.63, 3.8) is 0 Å². The third-order valence-corrected chi connectivity index (χ3v) is 3.94. The molecule has 0 radical (unpaired) electrons. The van der Waals surface area contributed by atoms with Gasteiger partial charge in [-0.25, -0.2) is 4.98 Å². The molecule has 128 valence electrons. The molecule has 1 aliphatic rings. The van der Waals surface area contributed by atoms with Crippen molar-refractivity contribution in [1.82, 2.24) is 14.8 Å². The van der Waals surface area contributed by atoms with Gasteiger partial charge in [0.15, 0.2) is 5.69 Å². The highest BCUT2D eigenvalue weighted by atomic mass is 19.4. The van der Waals surface area contributed by atoms with Crippen LogP contribution in [0.2, 0.25) is 0 Å². The van der Waals surface area contributed by atoms with Crippen molar-refractivity contribution in [3.8, 4) is 0 Å². The first-order valence-electron chi connectivity index (χ1n) is 7.32. The maximum atomic E-state index is 12.7. The first kappa shape index (κ1) is 16.2. The van der Waals surface area contributed by atoms with Crippen molar-refractivity contribution in [2.24, 2.45) is 0 Å². The van der Waals surface area contributed by atoms with Crippen molar-refractivity contribution in [3.05, 3.63) is 46.4 Å². The molecule has 0 spiro atoms. The summed E-state index contributed by atoms with van der Waals surface area (Å²) in [5, 5.41) is 14.3. The van der Waals surface area contributed by atoms with Crippen LogP contribution < -0.4 is 4.90 Å². The molecule has 7 nitrogen and oxygen atoms in total. The molecule has 3 rings (SSSR count). The van der Waals surface area contributed by atoms with Gasteiger partial charge in [-0.05, 0) is 25.0 Å². The maximum Gasteiger partial charge on any atom is 0.435 e. The maximum absolute atomic E-state index is 12.7. The fourth-order valence-electron chi connectivity index (χ4n) is 2.74. The quantitative estimate of drug-likeness (QED) is 0.633. The topological polar surface area (TPSA) is 77.1 Å². The van der Waals surface area contributed by atoms with E-state index >= 15 is 0 Å². The molecular formula is C14H14F3N5O2. The molecule has 2 aromatic rings. The second kappa shape index (κ2) is 6.10. The van der Waals surface area contributed by atoms with Crippen LogP contribution in [-0.4, -0.2) is 32.8 Å². The molecule has 0 aliphatic carbocycles. The zero-order chi connectivity index (χ0) is 17.3. The van der Waals surface area contributed by atoms with E-state index in [-0.39, 0.29) is 11.7 Å². The summed E-state index contributed by atoms with van der Waals surface area (Å²) in [7, 11) is 0. The lowest BCUT2D eigenvalue weighted by Gasteiger charge is -2.33. The summed E-state index contributed by atoms with van der Waals surface area (Å²) in [5.41, 5.74) is -1.01. The minimum Gasteiger partial charge on any atom is -0.354 e. The van der Waals surface area contributed by atoms with Gasteiger partial charge in [0.2, 0.25) is 0 Å². The van der Waals surface area contributed by atoms with Crippen LogP contribution in [0.25, 0.3) is 0 Å². The number of nitro groups is 1. The second-order valence-electron chi connectivity index (χ2n) is 5.55. The first-order valence-corrected chi connectivity index (χ1v) is 7.32. The predicted molar refractivity (Wildman–Crippen MR) is 78.6 cm³/mol. The Morgan fingerprint density at radius 2 is 2.08 bits per heavy atom. The average molecular weight is 341 g/mol. The van der Waals surface area contributed by atoms with Crippen molar-refractivity contribution < 1.29 is 18.1 Å². The molecule has 10 heteroatoms. The number of nitrogens with zero attached hydrogens (tertiary/aromatic N) is 5. The lowest BCUT2D eigenvalue weighted by Crippen LogP contribution is -2.37. The second-order valence-corrected chi connectivity index (χ2v) is 5.55. The van der Waals surface area contributed by atoms with Crippen LogP contribution in [0, 0.1) is 10.1 Å². The summed E-state index contributed by atoms with van der Waals surface area (Å²) in [6.07, 6.45) is -0.471. The Labute approximate surface area is 134 Å². The van der Waals surface area contributed by atoms with E-state index in [2.05, 4.69) is 10.1 Å². The Morgan fingerprint density at radius 1 is 1.29 bits per heavy atom. The van der Waals surface area contributed by atoms with Crippen molar-refractivity contribution in [2.45, 2.75) is 25.1 Å². The minimum absolute atomic E-state index is 0.103. The largest absolute Gasteiger partial charge is 0.435 e. The van der Waals surface area contributed by atoms with Crippen LogP contribution in [0.15, 0.2) is 30.6 Å². The Balaban J connectivity index is 1.74.